The van der Waals surface area contributed by atoms with Crippen molar-refractivity contribution in [2.75, 3.05) is 5.32 Å². The second-order valence-electron chi connectivity index (χ2n) is 5.51. The fraction of sp³-hybridized carbons (Fsp3) is 0.176. The molecule has 1 atom stereocenters. The van der Waals surface area contributed by atoms with Crippen LogP contribution in [0.2, 0.25) is 0 Å². The summed E-state index contributed by atoms with van der Waals surface area (Å²) in [5.41, 5.74) is 2.49. The monoisotopic (exact) mass is 395 g/mol. The number of hydrogen-bond donors (Lipinski definition) is 3. The Bertz CT molecular complexity index is 915. The number of halogens is 1. The normalized spacial score (nSPS) is 12.1. The molecule has 2 aromatic rings. The number of sulfonamides is 1. The molecule has 10 heteroatoms. The SMILES string of the molecule is CC(=O)Nc1ccc(S(=O)(=O)NNC(=O)[C@@H](C)Oc2ccc(F)cc2)cc1. The number of nitrogens with one attached hydrogen (secondary N) is 3. The van der Waals surface area contributed by atoms with Gasteiger partial charge in [-0.15, -0.1) is 4.83 Å². The Morgan fingerprint density at radius 2 is 1.63 bits per heavy atom. The molecule has 0 aliphatic carbocycles. The van der Waals surface area contributed by atoms with Gasteiger partial charge in [-0.25, -0.2) is 12.8 Å². The van der Waals surface area contributed by atoms with Gasteiger partial charge in [-0.3, -0.25) is 15.0 Å². The molecule has 0 unspecified atom stereocenters. The molecule has 0 saturated carbocycles. The third-order valence-corrected chi connectivity index (χ3v) is 4.55. The van der Waals surface area contributed by atoms with E-state index in [1.807, 2.05) is 4.83 Å². The number of ether oxygens (including phenoxy) is 1. The van der Waals surface area contributed by atoms with E-state index in [2.05, 4.69) is 10.7 Å². The number of rotatable bonds is 7. The lowest BCUT2D eigenvalue weighted by Crippen LogP contribution is -2.47. The van der Waals surface area contributed by atoms with E-state index in [0.29, 0.717) is 5.69 Å². The number of hydrogen-bond acceptors (Lipinski definition) is 5. The van der Waals surface area contributed by atoms with Gasteiger partial charge in [0.2, 0.25) is 5.91 Å². The zero-order chi connectivity index (χ0) is 20.0. The number of anilines is 1. The van der Waals surface area contributed by atoms with Crippen molar-refractivity contribution in [3.63, 3.8) is 0 Å². The van der Waals surface area contributed by atoms with Crippen LogP contribution in [0.5, 0.6) is 5.75 Å². The molecule has 0 aliphatic rings. The fourth-order valence-electron chi connectivity index (χ4n) is 1.97. The van der Waals surface area contributed by atoms with Crippen LogP contribution >= 0.6 is 0 Å². The molecule has 2 rings (SSSR count). The van der Waals surface area contributed by atoms with Crippen LogP contribution in [0.15, 0.2) is 53.4 Å². The van der Waals surface area contributed by atoms with Gasteiger partial charge in [0.25, 0.3) is 15.9 Å². The summed E-state index contributed by atoms with van der Waals surface area (Å²) >= 11 is 0. The lowest BCUT2D eigenvalue weighted by atomic mass is 10.3. The van der Waals surface area contributed by atoms with Crippen molar-refractivity contribution >= 4 is 27.5 Å². The van der Waals surface area contributed by atoms with Crippen molar-refractivity contribution in [1.82, 2.24) is 10.3 Å². The number of amides is 2. The molecule has 8 nitrogen and oxygen atoms in total. The Balaban J connectivity index is 1.94. The van der Waals surface area contributed by atoms with Crippen molar-refractivity contribution in [2.45, 2.75) is 24.8 Å². The summed E-state index contributed by atoms with van der Waals surface area (Å²) in [4.78, 5) is 24.8. The van der Waals surface area contributed by atoms with E-state index in [1.165, 1.54) is 62.4 Å². The minimum Gasteiger partial charge on any atom is -0.481 e. The molecule has 0 spiro atoms. The second kappa shape index (κ2) is 8.60. The molecule has 0 saturated heterocycles. The van der Waals surface area contributed by atoms with Gasteiger partial charge in [-0.05, 0) is 55.5 Å². The Kier molecular flexibility index (Phi) is 6.48. The van der Waals surface area contributed by atoms with Crippen LogP contribution < -0.4 is 20.3 Å². The van der Waals surface area contributed by atoms with Crippen LogP contribution in [0.4, 0.5) is 10.1 Å². The molecule has 0 fully saturated rings. The van der Waals surface area contributed by atoms with Gasteiger partial charge in [0.1, 0.15) is 11.6 Å². The summed E-state index contributed by atoms with van der Waals surface area (Å²) in [6, 6.07) is 10.4. The van der Waals surface area contributed by atoms with Crippen molar-refractivity contribution in [3.05, 3.63) is 54.3 Å². The average Bonchev–Trinajstić information content (AvgIpc) is 2.61. The van der Waals surface area contributed by atoms with Gasteiger partial charge >= 0.3 is 0 Å². The van der Waals surface area contributed by atoms with Gasteiger partial charge in [-0.2, -0.15) is 0 Å². The first-order chi connectivity index (χ1) is 12.7. The van der Waals surface area contributed by atoms with Crippen LogP contribution in [0, 0.1) is 5.82 Å². The first kappa shape index (κ1) is 20.3. The van der Waals surface area contributed by atoms with E-state index in [4.69, 9.17) is 4.74 Å². The van der Waals surface area contributed by atoms with Gasteiger partial charge in [0.05, 0.1) is 4.90 Å². The quantitative estimate of drug-likeness (QED) is 0.616. The van der Waals surface area contributed by atoms with Gasteiger partial charge in [-0.1, -0.05) is 0 Å². The summed E-state index contributed by atoms with van der Waals surface area (Å²) in [5.74, 6) is -1.21. The predicted molar refractivity (Wildman–Crippen MR) is 95.7 cm³/mol. The van der Waals surface area contributed by atoms with Crippen LogP contribution in [0.1, 0.15) is 13.8 Å². The zero-order valence-corrected chi connectivity index (χ0v) is 15.3. The van der Waals surface area contributed by atoms with Crippen LogP contribution in [-0.2, 0) is 19.6 Å². The summed E-state index contributed by atoms with van der Waals surface area (Å²) in [6.07, 6.45) is -1.03. The Hall–Kier alpha value is -2.98. The van der Waals surface area contributed by atoms with Crippen molar-refractivity contribution in [2.24, 2.45) is 0 Å². The predicted octanol–water partition coefficient (Wildman–Crippen LogP) is 1.56. The van der Waals surface area contributed by atoms with E-state index in [1.54, 1.807) is 0 Å². The molecule has 2 aromatic carbocycles. The maximum atomic E-state index is 12.9. The van der Waals surface area contributed by atoms with E-state index >= 15 is 0 Å². The first-order valence-electron chi connectivity index (χ1n) is 7.79. The van der Waals surface area contributed by atoms with Crippen LogP contribution in [0.25, 0.3) is 0 Å². The lowest BCUT2D eigenvalue weighted by Gasteiger charge is -2.15. The summed E-state index contributed by atoms with van der Waals surface area (Å²) in [7, 11) is -4.01. The van der Waals surface area contributed by atoms with E-state index in [0.717, 1.165) is 0 Å². The Labute approximate surface area is 155 Å². The highest BCUT2D eigenvalue weighted by Gasteiger charge is 2.19. The standard InChI is InChI=1S/C17H18FN3O5S/c1-11(26-15-7-3-13(18)4-8-15)17(23)20-21-27(24,25)16-9-5-14(6-10-16)19-12(2)22/h3-11,21H,1-2H3,(H,19,22)(H,20,23)/t11-/m1/s1. The summed E-state index contributed by atoms with van der Waals surface area (Å²) in [6.45, 7) is 2.74. The lowest BCUT2D eigenvalue weighted by molar-refractivity contribution is -0.127. The Morgan fingerprint density at radius 3 is 2.19 bits per heavy atom. The highest BCUT2D eigenvalue weighted by atomic mass is 32.2. The number of carbonyl (C=O) groups is 2. The van der Waals surface area contributed by atoms with E-state index in [9.17, 15) is 22.4 Å². The smallest absolute Gasteiger partial charge is 0.275 e. The molecule has 2 amide bonds. The minimum absolute atomic E-state index is 0.107. The van der Waals surface area contributed by atoms with Crippen molar-refractivity contribution in [1.29, 1.82) is 0 Å². The molecular weight excluding hydrogens is 377 g/mol. The van der Waals surface area contributed by atoms with Gasteiger partial charge in [0, 0.05) is 12.6 Å². The third-order valence-electron chi connectivity index (χ3n) is 3.29. The molecule has 0 aromatic heterocycles. The van der Waals surface area contributed by atoms with E-state index in [-0.39, 0.29) is 16.6 Å². The molecule has 0 radical (unpaired) electrons. The minimum atomic E-state index is -4.01. The van der Waals surface area contributed by atoms with Crippen molar-refractivity contribution in [3.8, 4) is 5.75 Å². The maximum absolute atomic E-state index is 12.9. The molecule has 0 bridgehead atoms. The molecule has 0 aliphatic heterocycles. The van der Waals surface area contributed by atoms with Gasteiger partial charge in [0.15, 0.2) is 6.10 Å². The molecule has 3 N–H and O–H groups in total. The largest absolute Gasteiger partial charge is 0.481 e. The fourth-order valence-corrected chi connectivity index (χ4v) is 2.82. The molecule has 27 heavy (non-hydrogen) atoms. The molecular formula is C17H18FN3O5S. The number of hydrazine groups is 1. The third kappa shape index (κ3) is 6.04. The number of benzene rings is 2. The highest BCUT2D eigenvalue weighted by molar-refractivity contribution is 7.89. The zero-order valence-electron chi connectivity index (χ0n) is 14.5. The topological polar surface area (TPSA) is 114 Å². The van der Waals surface area contributed by atoms with Gasteiger partial charge < -0.3 is 10.1 Å². The summed E-state index contributed by atoms with van der Waals surface area (Å²) < 4.78 is 42.5. The van der Waals surface area contributed by atoms with Crippen LogP contribution in [0.3, 0.4) is 0 Å². The Morgan fingerprint density at radius 1 is 1.04 bits per heavy atom. The maximum Gasteiger partial charge on any atom is 0.275 e. The number of carbonyl (C=O) groups excluding carboxylic acids is 2. The van der Waals surface area contributed by atoms with E-state index < -0.39 is 27.9 Å². The van der Waals surface area contributed by atoms with Crippen LogP contribution in [-0.4, -0.2) is 26.3 Å². The first-order valence-corrected chi connectivity index (χ1v) is 9.27. The van der Waals surface area contributed by atoms with Crippen molar-refractivity contribution < 1.29 is 27.1 Å². The average molecular weight is 395 g/mol. The second-order valence-corrected chi connectivity index (χ2v) is 7.20. The highest BCUT2D eigenvalue weighted by Crippen LogP contribution is 2.14. The molecule has 144 valence electrons. The summed E-state index contributed by atoms with van der Waals surface area (Å²) in [5, 5.41) is 2.51. The molecule has 0 heterocycles.